The summed E-state index contributed by atoms with van der Waals surface area (Å²) >= 11 is 0. The molecule has 0 amide bonds. The van der Waals surface area contributed by atoms with Crippen LogP contribution in [0.15, 0.2) is 30.9 Å². The molecule has 70 valence electrons. The Balaban J connectivity index is 2.87. The predicted molar refractivity (Wildman–Crippen MR) is 53.1 cm³/mol. The predicted octanol–water partition coefficient (Wildman–Crippen LogP) is 1.84. The smallest absolute Gasteiger partial charge is 0.163 e. The number of benzene rings is 1. The molecule has 0 aliphatic rings. The van der Waals surface area contributed by atoms with Crippen LogP contribution in [-0.4, -0.2) is 13.7 Å². The SMILES string of the molecule is C=CCOc1cc(N)ccc1OC. The molecule has 3 nitrogen and oxygen atoms in total. The lowest BCUT2D eigenvalue weighted by Gasteiger charge is -2.09. The van der Waals surface area contributed by atoms with Crippen LogP contribution in [0.5, 0.6) is 11.5 Å². The summed E-state index contributed by atoms with van der Waals surface area (Å²) in [6.07, 6.45) is 1.67. The maximum absolute atomic E-state index is 5.59. The van der Waals surface area contributed by atoms with Crippen molar-refractivity contribution < 1.29 is 9.47 Å². The Bertz CT molecular complexity index is 297. The Morgan fingerprint density at radius 3 is 2.85 bits per heavy atom. The van der Waals surface area contributed by atoms with E-state index < -0.39 is 0 Å². The Morgan fingerprint density at radius 1 is 1.46 bits per heavy atom. The number of ether oxygens (including phenoxy) is 2. The van der Waals surface area contributed by atoms with Crippen molar-refractivity contribution in [3.63, 3.8) is 0 Å². The topological polar surface area (TPSA) is 44.5 Å². The summed E-state index contributed by atoms with van der Waals surface area (Å²) in [7, 11) is 1.59. The molecule has 1 aromatic carbocycles. The molecule has 1 rings (SSSR count). The summed E-state index contributed by atoms with van der Waals surface area (Å²) < 4.78 is 10.4. The van der Waals surface area contributed by atoms with Gasteiger partial charge in [0.2, 0.25) is 0 Å². The molecule has 1 aromatic rings. The standard InChI is InChI=1S/C10H13NO2/c1-3-6-13-10-7-8(11)4-5-9(10)12-2/h3-5,7H,1,6,11H2,2H3. The van der Waals surface area contributed by atoms with Gasteiger partial charge in [0.05, 0.1) is 7.11 Å². The Hall–Kier alpha value is -1.64. The van der Waals surface area contributed by atoms with Gasteiger partial charge in [0.1, 0.15) is 6.61 Å². The molecule has 0 aliphatic carbocycles. The van der Waals surface area contributed by atoms with Gasteiger partial charge in [-0.15, -0.1) is 0 Å². The fraction of sp³-hybridized carbons (Fsp3) is 0.200. The number of hydrogen-bond donors (Lipinski definition) is 1. The lowest BCUT2D eigenvalue weighted by molar-refractivity contribution is 0.327. The van der Waals surface area contributed by atoms with E-state index in [1.165, 1.54) is 0 Å². The third-order valence-corrected chi connectivity index (χ3v) is 1.54. The lowest BCUT2D eigenvalue weighted by Crippen LogP contribution is -1.97. The minimum atomic E-state index is 0.444. The highest BCUT2D eigenvalue weighted by Crippen LogP contribution is 2.28. The number of hydrogen-bond acceptors (Lipinski definition) is 3. The van der Waals surface area contributed by atoms with Gasteiger partial charge in [-0.05, 0) is 12.1 Å². The largest absolute Gasteiger partial charge is 0.493 e. The van der Waals surface area contributed by atoms with Crippen LogP contribution in [-0.2, 0) is 0 Å². The van der Waals surface area contributed by atoms with Crippen molar-refractivity contribution in [2.45, 2.75) is 0 Å². The molecule has 0 fully saturated rings. The maximum atomic E-state index is 5.59. The zero-order valence-electron chi connectivity index (χ0n) is 7.62. The molecular weight excluding hydrogens is 166 g/mol. The highest BCUT2D eigenvalue weighted by molar-refractivity contribution is 5.51. The number of nitrogens with two attached hydrogens (primary N) is 1. The first-order valence-electron chi connectivity index (χ1n) is 3.95. The van der Waals surface area contributed by atoms with Gasteiger partial charge < -0.3 is 15.2 Å². The van der Waals surface area contributed by atoms with Crippen molar-refractivity contribution >= 4 is 5.69 Å². The van der Waals surface area contributed by atoms with E-state index in [9.17, 15) is 0 Å². The summed E-state index contributed by atoms with van der Waals surface area (Å²) in [5.41, 5.74) is 6.25. The first-order valence-corrected chi connectivity index (χ1v) is 3.95. The van der Waals surface area contributed by atoms with Gasteiger partial charge in [-0.2, -0.15) is 0 Å². The zero-order valence-corrected chi connectivity index (χ0v) is 7.62. The van der Waals surface area contributed by atoms with Crippen molar-refractivity contribution in [1.29, 1.82) is 0 Å². The Labute approximate surface area is 77.8 Å². The highest BCUT2D eigenvalue weighted by Gasteiger charge is 2.02. The fourth-order valence-electron chi connectivity index (χ4n) is 0.955. The van der Waals surface area contributed by atoms with Gasteiger partial charge in [-0.25, -0.2) is 0 Å². The monoisotopic (exact) mass is 179 g/mol. The quantitative estimate of drug-likeness (QED) is 0.566. The van der Waals surface area contributed by atoms with E-state index in [0.29, 0.717) is 23.8 Å². The Morgan fingerprint density at radius 2 is 2.23 bits per heavy atom. The van der Waals surface area contributed by atoms with Crippen LogP contribution < -0.4 is 15.2 Å². The second-order valence-corrected chi connectivity index (χ2v) is 2.51. The van der Waals surface area contributed by atoms with E-state index in [4.69, 9.17) is 15.2 Å². The minimum Gasteiger partial charge on any atom is -0.493 e. The van der Waals surface area contributed by atoms with E-state index in [1.807, 2.05) is 0 Å². The van der Waals surface area contributed by atoms with Crippen molar-refractivity contribution in [3.05, 3.63) is 30.9 Å². The molecule has 0 radical (unpaired) electrons. The van der Waals surface area contributed by atoms with Crippen molar-refractivity contribution in [3.8, 4) is 11.5 Å². The Kier molecular flexibility index (Phi) is 3.20. The van der Waals surface area contributed by atoms with Gasteiger partial charge in [-0.3, -0.25) is 0 Å². The van der Waals surface area contributed by atoms with Crippen LogP contribution in [0.1, 0.15) is 0 Å². The summed E-state index contributed by atoms with van der Waals surface area (Å²) in [6.45, 7) is 4.00. The summed E-state index contributed by atoms with van der Waals surface area (Å²) in [5, 5.41) is 0. The summed E-state index contributed by atoms with van der Waals surface area (Å²) in [4.78, 5) is 0. The van der Waals surface area contributed by atoms with Crippen LogP contribution in [0.3, 0.4) is 0 Å². The third kappa shape index (κ3) is 2.40. The molecule has 0 bridgehead atoms. The summed E-state index contributed by atoms with van der Waals surface area (Å²) in [6, 6.07) is 5.26. The maximum Gasteiger partial charge on any atom is 0.163 e. The molecule has 0 unspecified atom stereocenters. The molecule has 0 spiro atoms. The molecule has 3 heteroatoms. The summed E-state index contributed by atoms with van der Waals surface area (Å²) in [5.74, 6) is 1.32. The van der Waals surface area contributed by atoms with Crippen molar-refractivity contribution in [1.82, 2.24) is 0 Å². The van der Waals surface area contributed by atoms with E-state index in [1.54, 1.807) is 31.4 Å². The van der Waals surface area contributed by atoms with E-state index in [-0.39, 0.29) is 0 Å². The highest BCUT2D eigenvalue weighted by atomic mass is 16.5. The zero-order chi connectivity index (χ0) is 9.68. The van der Waals surface area contributed by atoms with Crippen LogP contribution in [0.2, 0.25) is 0 Å². The molecule has 13 heavy (non-hydrogen) atoms. The third-order valence-electron chi connectivity index (χ3n) is 1.54. The molecule has 0 atom stereocenters. The molecular formula is C10H13NO2. The molecule has 0 saturated heterocycles. The van der Waals surface area contributed by atoms with Gasteiger partial charge >= 0.3 is 0 Å². The van der Waals surface area contributed by atoms with Crippen LogP contribution in [0, 0.1) is 0 Å². The number of rotatable bonds is 4. The molecule has 0 saturated carbocycles. The number of methoxy groups -OCH3 is 1. The first-order chi connectivity index (χ1) is 6.27. The lowest BCUT2D eigenvalue weighted by atomic mass is 10.3. The number of anilines is 1. The number of nitrogen functional groups attached to an aromatic ring is 1. The average molecular weight is 179 g/mol. The van der Waals surface area contributed by atoms with Gasteiger partial charge in [-0.1, -0.05) is 12.7 Å². The second-order valence-electron chi connectivity index (χ2n) is 2.51. The second kappa shape index (κ2) is 4.40. The molecule has 0 heterocycles. The van der Waals surface area contributed by atoms with E-state index >= 15 is 0 Å². The first kappa shape index (κ1) is 9.45. The van der Waals surface area contributed by atoms with Gasteiger partial charge in [0.25, 0.3) is 0 Å². The molecule has 0 aliphatic heterocycles. The van der Waals surface area contributed by atoms with E-state index in [0.717, 1.165) is 0 Å². The minimum absolute atomic E-state index is 0.444. The fourth-order valence-corrected chi connectivity index (χ4v) is 0.955. The van der Waals surface area contributed by atoms with Crippen molar-refractivity contribution in [2.75, 3.05) is 19.5 Å². The van der Waals surface area contributed by atoms with Crippen LogP contribution in [0.4, 0.5) is 5.69 Å². The average Bonchev–Trinajstić information content (AvgIpc) is 2.15. The normalized spacial score (nSPS) is 9.31. The van der Waals surface area contributed by atoms with E-state index in [2.05, 4.69) is 6.58 Å². The van der Waals surface area contributed by atoms with Crippen molar-refractivity contribution in [2.24, 2.45) is 0 Å². The van der Waals surface area contributed by atoms with Gasteiger partial charge in [0.15, 0.2) is 11.5 Å². The van der Waals surface area contributed by atoms with Gasteiger partial charge in [0, 0.05) is 11.8 Å². The molecule has 2 N–H and O–H groups in total. The molecule has 0 aromatic heterocycles. The van der Waals surface area contributed by atoms with Crippen LogP contribution >= 0.6 is 0 Å². The van der Waals surface area contributed by atoms with Crippen LogP contribution in [0.25, 0.3) is 0 Å².